The molecule has 0 aromatic heterocycles. The zero-order valence-electron chi connectivity index (χ0n) is 6.41. The number of benzene rings is 1. The van der Waals surface area contributed by atoms with Crippen LogP contribution in [0.3, 0.4) is 0 Å². The van der Waals surface area contributed by atoms with Gasteiger partial charge in [-0.05, 0) is 18.4 Å². The van der Waals surface area contributed by atoms with Crippen molar-refractivity contribution in [3.05, 3.63) is 45.9 Å². The minimum absolute atomic E-state index is 0.185. The normalized spacial score (nSPS) is 14.3. The van der Waals surface area contributed by atoms with Crippen LogP contribution < -0.4 is 0 Å². The minimum Gasteiger partial charge on any atom is -0.258 e. The molecule has 0 unspecified atom stereocenters. The number of nitrogens with zero attached hydrogens (tertiary/aromatic N) is 1. The van der Waals surface area contributed by atoms with Crippen molar-refractivity contribution in [2.75, 3.05) is 0 Å². The molecule has 0 atom stereocenters. The number of hydrogen-bond donors (Lipinski definition) is 0. The fourth-order valence-corrected chi connectivity index (χ4v) is 1.47. The number of hydrogen-bond acceptors (Lipinski definition) is 2. The molecule has 0 fully saturated rings. The Kier molecular flexibility index (Phi) is 1.57. The first-order chi connectivity index (χ1) is 5.79. The highest BCUT2D eigenvalue weighted by atomic mass is 16.6. The molecule has 1 aromatic rings. The highest BCUT2D eigenvalue weighted by molar-refractivity contribution is 5.52. The number of fused-ring (bicyclic) bond motifs is 1. The molecule has 2 radical (unpaired) electrons. The summed E-state index contributed by atoms with van der Waals surface area (Å²) in [5.74, 6) is 0. The third-order valence-electron chi connectivity index (χ3n) is 2.02. The van der Waals surface area contributed by atoms with Gasteiger partial charge in [0.25, 0.3) is 5.69 Å². The van der Waals surface area contributed by atoms with Crippen LogP contribution in [0.5, 0.6) is 0 Å². The maximum absolute atomic E-state index is 10.5. The minimum atomic E-state index is -0.350. The highest BCUT2D eigenvalue weighted by Gasteiger charge is 2.21. The van der Waals surface area contributed by atoms with E-state index < -0.39 is 0 Å². The zero-order valence-corrected chi connectivity index (χ0v) is 6.41. The van der Waals surface area contributed by atoms with E-state index >= 15 is 0 Å². The van der Waals surface area contributed by atoms with Gasteiger partial charge in [-0.15, -0.1) is 0 Å². The Labute approximate surface area is 70.2 Å². The van der Waals surface area contributed by atoms with E-state index in [0.29, 0.717) is 5.56 Å². The summed E-state index contributed by atoms with van der Waals surface area (Å²) in [6.07, 6.45) is 4.70. The van der Waals surface area contributed by atoms with Gasteiger partial charge in [0, 0.05) is 18.1 Å². The maximum atomic E-state index is 10.5. The summed E-state index contributed by atoms with van der Waals surface area (Å²) in [5.41, 5.74) is 1.93. The molecule has 0 saturated heterocycles. The lowest BCUT2D eigenvalue weighted by Crippen LogP contribution is -1.92. The Hall–Kier alpha value is -1.38. The van der Waals surface area contributed by atoms with Gasteiger partial charge in [-0.25, -0.2) is 0 Å². The van der Waals surface area contributed by atoms with Crippen LogP contribution in [-0.4, -0.2) is 4.92 Å². The van der Waals surface area contributed by atoms with E-state index in [1.807, 2.05) is 6.07 Å². The van der Waals surface area contributed by atoms with Crippen molar-refractivity contribution in [3.63, 3.8) is 0 Å². The van der Waals surface area contributed by atoms with E-state index in [2.05, 4.69) is 6.42 Å². The Morgan fingerprint density at radius 3 is 3.08 bits per heavy atom. The van der Waals surface area contributed by atoms with E-state index in [0.717, 1.165) is 18.4 Å². The van der Waals surface area contributed by atoms with Crippen LogP contribution in [0.4, 0.5) is 5.69 Å². The van der Waals surface area contributed by atoms with Crippen molar-refractivity contribution in [1.29, 1.82) is 0 Å². The van der Waals surface area contributed by atoms with Crippen LogP contribution in [0.15, 0.2) is 18.2 Å². The molecule has 1 aliphatic carbocycles. The second-order valence-electron chi connectivity index (χ2n) is 2.75. The lowest BCUT2D eigenvalue weighted by atomic mass is 10.1. The molecule has 1 aliphatic rings. The van der Waals surface area contributed by atoms with E-state index in [-0.39, 0.29) is 10.6 Å². The fourth-order valence-electron chi connectivity index (χ4n) is 1.47. The summed E-state index contributed by atoms with van der Waals surface area (Å²) in [4.78, 5) is 10.2. The molecule has 0 saturated carbocycles. The Balaban J connectivity index is 2.56. The van der Waals surface area contributed by atoms with Gasteiger partial charge in [-0.2, -0.15) is 0 Å². The van der Waals surface area contributed by atoms with Crippen molar-refractivity contribution < 1.29 is 4.92 Å². The van der Waals surface area contributed by atoms with Gasteiger partial charge in [0.15, 0.2) is 0 Å². The molecular weight excluding hydrogens is 154 g/mol. The summed E-state index contributed by atoms with van der Waals surface area (Å²) in [7, 11) is 0. The van der Waals surface area contributed by atoms with Gasteiger partial charge in [0.2, 0.25) is 0 Å². The van der Waals surface area contributed by atoms with Gasteiger partial charge < -0.3 is 0 Å². The van der Waals surface area contributed by atoms with Crippen molar-refractivity contribution in [2.45, 2.75) is 12.8 Å². The summed E-state index contributed by atoms with van der Waals surface area (Å²) in [6.45, 7) is 0. The van der Waals surface area contributed by atoms with Crippen LogP contribution >= 0.6 is 0 Å². The molecule has 0 amide bonds. The van der Waals surface area contributed by atoms with Crippen LogP contribution in [0.25, 0.3) is 0 Å². The summed E-state index contributed by atoms with van der Waals surface area (Å²) >= 11 is 0. The molecule has 3 heteroatoms. The van der Waals surface area contributed by atoms with Crippen LogP contribution in [0.2, 0.25) is 0 Å². The largest absolute Gasteiger partial charge is 0.273 e. The zero-order chi connectivity index (χ0) is 8.55. The highest BCUT2D eigenvalue weighted by Crippen LogP contribution is 2.31. The first kappa shape index (κ1) is 7.28. The van der Waals surface area contributed by atoms with Gasteiger partial charge >= 0.3 is 0 Å². The van der Waals surface area contributed by atoms with Gasteiger partial charge in [0.1, 0.15) is 0 Å². The quantitative estimate of drug-likeness (QED) is 0.466. The Morgan fingerprint density at radius 1 is 1.50 bits per heavy atom. The van der Waals surface area contributed by atoms with Gasteiger partial charge in [0.05, 0.1) is 4.92 Å². The SMILES string of the molecule is O=[N+]([O-])c1cccc2c1[C]CC2. The van der Waals surface area contributed by atoms with E-state index in [4.69, 9.17) is 0 Å². The molecule has 0 spiro atoms. The van der Waals surface area contributed by atoms with Crippen LogP contribution in [0, 0.1) is 16.5 Å². The first-order valence-corrected chi connectivity index (χ1v) is 3.79. The molecule has 1 aromatic carbocycles. The van der Waals surface area contributed by atoms with Crippen LogP contribution in [-0.2, 0) is 6.42 Å². The third-order valence-corrected chi connectivity index (χ3v) is 2.02. The van der Waals surface area contributed by atoms with E-state index in [9.17, 15) is 10.1 Å². The second-order valence-corrected chi connectivity index (χ2v) is 2.75. The molecule has 0 heterocycles. The predicted molar refractivity (Wildman–Crippen MR) is 43.8 cm³/mol. The standard InChI is InChI=1S/C9H7NO2/c11-10(12)9-6-2-4-7-3-1-5-8(7)9/h2,4,6H,1,3H2. The molecule has 0 aliphatic heterocycles. The van der Waals surface area contributed by atoms with Gasteiger partial charge in [-0.3, -0.25) is 10.1 Å². The first-order valence-electron chi connectivity index (χ1n) is 3.79. The molecule has 60 valence electrons. The summed E-state index contributed by atoms with van der Waals surface area (Å²) in [5, 5.41) is 10.5. The Morgan fingerprint density at radius 2 is 2.33 bits per heavy atom. The summed E-state index contributed by atoms with van der Waals surface area (Å²) < 4.78 is 0. The number of rotatable bonds is 1. The molecule has 2 rings (SSSR count). The monoisotopic (exact) mass is 161 g/mol. The average molecular weight is 161 g/mol. The lowest BCUT2D eigenvalue weighted by Gasteiger charge is -1.97. The average Bonchev–Trinajstić information content (AvgIpc) is 2.49. The molecular formula is C9H7NO2. The number of nitro groups is 1. The number of nitro benzene ring substituents is 1. The number of aryl methyl sites for hydroxylation is 1. The lowest BCUT2D eigenvalue weighted by molar-refractivity contribution is -0.385. The molecule has 12 heavy (non-hydrogen) atoms. The second kappa shape index (κ2) is 2.59. The summed E-state index contributed by atoms with van der Waals surface area (Å²) in [6, 6.07) is 5.17. The molecule has 0 bridgehead atoms. The third kappa shape index (κ3) is 0.978. The molecule has 0 N–H and O–H groups in total. The van der Waals surface area contributed by atoms with Gasteiger partial charge in [-0.1, -0.05) is 12.1 Å². The smallest absolute Gasteiger partial charge is 0.258 e. The maximum Gasteiger partial charge on any atom is 0.273 e. The van der Waals surface area contributed by atoms with Crippen molar-refractivity contribution >= 4 is 5.69 Å². The van der Waals surface area contributed by atoms with Crippen molar-refractivity contribution in [2.24, 2.45) is 0 Å². The Bertz CT molecular complexity index is 333. The fraction of sp³-hybridized carbons (Fsp3) is 0.222. The van der Waals surface area contributed by atoms with Crippen molar-refractivity contribution in [1.82, 2.24) is 0 Å². The predicted octanol–water partition coefficient (Wildman–Crippen LogP) is 1.97. The van der Waals surface area contributed by atoms with Crippen molar-refractivity contribution in [3.8, 4) is 0 Å². The van der Waals surface area contributed by atoms with E-state index in [1.165, 1.54) is 6.07 Å². The molecule has 3 nitrogen and oxygen atoms in total. The topological polar surface area (TPSA) is 43.1 Å². The van der Waals surface area contributed by atoms with Crippen LogP contribution in [0.1, 0.15) is 17.5 Å². The van der Waals surface area contributed by atoms with E-state index in [1.54, 1.807) is 6.07 Å².